The predicted octanol–water partition coefficient (Wildman–Crippen LogP) is 6.20. The fourth-order valence-corrected chi connectivity index (χ4v) is 2.62. The third-order valence-corrected chi connectivity index (χ3v) is 4.46. The van der Waals surface area contributed by atoms with E-state index in [9.17, 15) is 0 Å². The van der Waals surface area contributed by atoms with E-state index in [1.54, 1.807) is 0 Å². The summed E-state index contributed by atoms with van der Waals surface area (Å²) in [6.45, 7) is 9.34. The molecule has 0 aromatic heterocycles. The van der Waals surface area contributed by atoms with Gasteiger partial charge in [0.25, 0.3) is 0 Å². The summed E-state index contributed by atoms with van der Waals surface area (Å²) < 4.78 is 0. The molecule has 1 atom stereocenters. The van der Waals surface area contributed by atoms with Crippen molar-refractivity contribution in [1.82, 2.24) is 0 Å². The van der Waals surface area contributed by atoms with Crippen LogP contribution in [0.3, 0.4) is 0 Å². The van der Waals surface area contributed by atoms with Crippen LogP contribution in [0.1, 0.15) is 91.9 Å². The highest BCUT2D eigenvalue weighted by atomic mass is 14.3. The summed E-state index contributed by atoms with van der Waals surface area (Å²) in [5, 5.41) is 0. The Balaban J connectivity index is 2.27. The molecule has 1 aliphatic rings. The Bertz CT molecular complexity index is 279. The van der Waals surface area contributed by atoms with Gasteiger partial charge in [-0.15, -0.1) is 0 Å². The van der Waals surface area contributed by atoms with Gasteiger partial charge in [0, 0.05) is 11.8 Å². The molecule has 0 nitrogen and oxygen atoms in total. The molecule has 0 radical (unpaired) electrons. The summed E-state index contributed by atoms with van der Waals surface area (Å²) in [6.07, 6.45) is 13.8. The largest absolute Gasteiger partial charge is 0.0996 e. The average Bonchev–Trinajstić information content (AvgIpc) is 2.27. The Morgan fingerprint density at radius 3 is 2.16 bits per heavy atom. The van der Waals surface area contributed by atoms with Crippen LogP contribution in [0.25, 0.3) is 0 Å². The van der Waals surface area contributed by atoms with Crippen molar-refractivity contribution in [3.63, 3.8) is 0 Å². The molecule has 1 aliphatic carbocycles. The summed E-state index contributed by atoms with van der Waals surface area (Å²) in [5.74, 6) is 8.48. The minimum absolute atomic E-state index is 0.347. The molecule has 1 unspecified atom stereocenters. The minimum atomic E-state index is 0.347. The maximum atomic E-state index is 3.61. The smallest absolute Gasteiger partial charge is 0.0251 e. The zero-order chi connectivity index (χ0) is 14.1. The van der Waals surface area contributed by atoms with Gasteiger partial charge in [0.2, 0.25) is 0 Å². The van der Waals surface area contributed by atoms with Crippen LogP contribution in [0.15, 0.2) is 0 Å². The maximum absolute atomic E-state index is 3.61. The fourth-order valence-electron chi connectivity index (χ4n) is 2.62. The van der Waals surface area contributed by atoms with E-state index in [-0.39, 0.29) is 0 Å². The molecule has 0 aromatic rings. The Hall–Kier alpha value is -0.440. The van der Waals surface area contributed by atoms with Crippen molar-refractivity contribution in [3.05, 3.63) is 0 Å². The van der Waals surface area contributed by atoms with E-state index in [1.807, 2.05) is 0 Å². The second-order valence-electron chi connectivity index (χ2n) is 7.39. The molecule has 1 fully saturated rings. The maximum Gasteiger partial charge on any atom is 0.0251 e. The van der Waals surface area contributed by atoms with E-state index >= 15 is 0 Å². The van der Waals surface area contributed by atoms with Crippen LogP contribution in [-0.2, 0) is 0 Å². The summed E-state index contributed by atoms with van der Waals surface area (Å²) in [7, 11) is 0. The second kappa shape index (κ2) is 8.68. The Kier molecular flexibility index (Phi) is 7.59. The van der Waals surface area contributed by atoms with Crippen molar-refractivity contribution < 1.29 is 0 Å². The molecule has 0 spiro atoms. The molecule has 19 heavy (non-hydrogen) atoms. The van der Waals surface area contributed by atoms with Gasteiger partial charge in [-0.05, 0) is 24.7 Å². The Morgan fingerprint density at radius 1 is 1.00 bits per heavy atom. The number of hydrogen-bond donors (Lipinski definition) is 0. The van der Waals surface area contributed by atoms with Gasteiger partial charge in [0.1, 0.15) is 0 Å². The number of rotatable bonds is 7. The van der Waals surface area contributed by atoms with Gasteiger partial charge in [-0.2, -0.15) is 0 Å². The molecule has 0 N–H and O–H groups in total. The lowest BCUT2D eigenvalue weighted by Gasteiger charge is -2.27. The average molecular weight is 262 g/mol. The van der Waals surface area contributed by atoms with Crippen LogP contribution in [0.2, 0.25) is 0 Å². The molecule has 0 amide bonds. The standard InChI is InChI=1S/C19H34/c1-5-6-7-8-9-10-14-18(19(2,3)4)16-15-17-12-11-13-17/h17-18H,5-14H2,1-4H3. The molecule has 1 saturated carbocycles. The van der Waals surface area contributed by atoms with Gasteiger partial charge in [-0.1, -0.05) is 84.5 Å². The summed E-state index contributed by atoms with van der Waals surface area (Å²) in [4.78, 5) is 0. The van der Waals surface area contributed by atoms with Crippen LogP contribution >= 0.6 is 0 Å². The quantitative estimate of drug-likeness (QED) is 0.378. The van der Waals surface area contributed by atoms with Crippen molar-refractivity contribution in [2.24, 2.45) is 17.3 Å². The van der Waals surface area contributed by atoms with Gasteiger partial charge in [0.05, 0.1) is 0 Å². The van der Waals surface area contributed by atoms with Gasteiger partial charge in [0.15, 0.2) is 0 Å². The lowest BCUT2D eigenvalue weighted by atomic mass is 9.77. The first-order chi connectivity index (χ1) is 9.04. The highest BCUT2D eigenvalue weighted by Gasteiger charge is 2.23. The lowest BCUT2D eigenvalue weighted by Crippen LogP contribution is -2.19. The predicted molar refractivity (Wildman–Crippen MR) is 86.1 cm³/mol. The SMILES string of the molecule is CCCCCCCCC(C#CC1CCC1)C(C)(C)C. The van der Waals surface area contributed by atoms with Crippen LogP contribution in [0, 0.1) is 29.1 Å². The summed E-state index contributed by atoms with van der Waals surface area (Å²) >= 11 is 0. The second-order valence-corrected chi connectivity index (χ2v) is 7.39. The molecule has 0 aromatic carbocycles. The van der Waals surface area contributed by atoms with E-state index in [1.165, 1.54) is 64.2 Å². The van der Waals surface area contributed by atoms with Gasteiger partial charge in [-0.25, -0.2) is 0 Å². The van der Waals surface area contributed by atoms with Crippen LogP contribution in [-0.4, -0.2) is 0 Å². The van der Waals surface area contributed by atoms with Gasteiger partial charge >= 0.3 is 0 Å². The molecular formula is C19H34. The molecule has 0 heterocycles. The Morgan fingerprint density at radius 2 is 1.63 bits per heavy atom. The molecule has 0 bridgehead atoms. The molecule has 0 heteroatoms. The van der Waals surface area contributed by atoms with Crippen LogP contribution in [0.5, 0.6) is 0 Å². The highest BCUT2D eigenvalue weighted by molar-refractivity contribution is 5.11. The van der Waals surface area contributed by atoms with Crippen molar-refractivity contribution >= 4 is 0 Å². The molecule has 110 valence electrons. The van der Waals surface area contributed by atoms with Crippen molar-refractivity contribution in [1.29, 1.82) is 0 Å². The lowest BCUT2D eigenvalue weighted by molar-refractivity contribution is 0.280. The number of hydrogen-bond acceptors (Lipinski definition) is 0. The van der Waals surface area contributed by atoms with Crippen molar-refractivity contribution in [2.45, 2.75) is 91.9 Å². The zero-order valence-electron chi connectivity index (χ0n) is 13.7. The van der Waals surface area contributed by atoms with Gasteiger partial charge in [-0.3, -0.25) is 0 Å². The molecular weight excluding hydrogens is 228 g/mol. The first-order valence-electron chi connectivity index (χ1n) is 8.55. The van der Waals surface area contributed by atoms with E-state index in [0.29, 0.717) is 11.3 Å². The monoisotopic (exact) mass is 262 g/mol. The minimum Gasteiger partial charge on any atom is -0.0996 e. The van der Waals surface area contributed by atoms with E-state index in [4.69, 9.17) is 0 Å². The first-order valence-corrected chi connectivity index (χ1v) is 8.55. The third-order valence-electron chi connectivity index (χ3n) is 4.46. The summed E-state index contributed by atoms with van der Waals surface area (Å²) in [5.41, 5.74) is 0.347. The Labute approximate surface area is 121 Å². The third kappa shape index (κ3) is 7.05. The van der Waals surface area contributed by atoms with Crippen molar-refractivity contribution in [3.8, 4) is 11.8 Å². The van der Waals surface area contributed by atoms with Crippen LogP contribution in [0.4, 0.5) is 0 Å². The molecule has 0 saturated heterocycles. The molecule has 0 aliphatic heterocycles. The zero-order valence-corrected chi connectivity index (χ0v) is 13.7. The van der Waals surface area contributed by atoms with E-state index in [2.05, 4.69) is 39.5 Å². The van der Waals surface area contributed by atoms with Crippen molar-refractivity contribution in [2.75, 3.05) is 0 Å². The van der Waals surface area contributed by atoms with Gasteiger partial charge < -0.3 is 0 Å². The number of unbranched alkanes of at least 4 members (excludes halogenated alkanes) is 5. The highest BCUT2D eigenvalue weighted by Crippen LogP contribution is 2.31. The first kappa shape index (κ1) is 16.6. The molecule has 1 rings (SSSR count). The normalized spacial score (nSPS) is 17.5. The van der Waals surface area contributed by atoms with Crippen LogP contribution < -0.4 is 0 Å². The van der Waals surface area contributed by atoms with E-state index in [0.717, 1.165) is 5.92 Å². The van der Waals surface area contributed by atoms with E-state index < -0.39 is 0 Å². The summed E-state index contributed by atoms with van der Waals surface area (Å²) in [6, 6.07) is 0. The fraction of sp³-hybridized carbons (Fsp3) is 0.895. The topological polar surface area (TPSA) is 0 Å².